The summed E-state index contributed by atoms with van der Waals surface area (Å²) in [5.74, 6) is 0.831. The summed E-state index contributed by atoms with van der Waals surface area (Å²) < 4.78 is 0. The molecule has 1 N–H and O–H groups in total. The van der Waals surface area contributed by atoms with Crippen LogP contribution in [0, 0.1) is 5.92 Å². The number of nitrogens with zero attached hydrogens (tertiary/aromatic N) is 1. The quantitative estimate of drug-likeness (QED) is 0.563. The maximum Gasteiger partial charge on any atom is 0.00980 e. The normalized spacial score (nSPS) is 18.3. The molecule has 2 nitrogen and oxygen atoms in total. The fraction of sp³-hybridized carbons (Fsp3) is 1.00. The second kappa shape index (κ2) is 10.6. The minimum absolute atomic E-state index is 0.764. The summed E-state index contributed by atoms with van der Waals surface area (Å²) in [6.07, 6.45) is 11.1. The van der Waals surface area contributed by atoms with Gasteiger partial charge in [-0.15, -0.1) is 0 Å². The van der Waals surface area contributed by atoms with Gasteiger partial charge in [-0.1, -0.05) is 33.6 Å². The fourth-order valence-corrected chi connectivity index (χ4v) is 3.40. The molecule has 1 saturated carbocycles. The van der Waals surface area contributed by atoms with Crippen molar-refractivity contribution in [2.45, 2.75) is 91.1 Å². The molecule has 1 aliphatic rings. The van der Waals surface area contributed by atoms with Gasteiger partial charge in [-0.2, -0.15) is 0 Å². The number of hydrogen-bond donors (Lipinski definition) is 1. The third kappa shape index (κ3) is 7.08. The molecule has 1 unspecified atom stereocenters. The number of nitrogens with one attached hydrogen (secondary N) is 1. The minimum Gasteiger partial charge on any atom is -0.317 e. The third-order valence-electron chi connectivity index (χ3n) is 4.73. The lowest BCUT2D eigenvalue weighted by Gasteiger charge is -2.35. The van der Waals surface area contributed by atoms with E-state index in [0.717, 1.165) is 18.0 Å². The Morgan fingerprint density at radius 2 is 1.75 bits per heavy atom. The standard InChI is InChI=1S/C18H38N2/c1-5-13-19-14-8-9-17(4)20(15-12-16(2)3)18-10-6-7-11-18/h16-19H,5-15H2,1-4H3. The van der Waals surface area contributed by atoms with Crippen molar-refractivity contribution in [3.05, 3.63) is 0 Å². The van der Waals surface area contributed by atoms with Crippen LogP contribution in [0.2, 0.25) is 0 Å². The van der Waals surface area contributed by atoms with Crippen LogP contribution in [0.4, 0.5) is 0 Å². The van der Waals surface area contributed by atoms with Crippen molar-refractivity contribution in [1.82, 2.24) is 10.2 Å². The predicted molar refractivity (Wildman–Crippen MR) is 90.3 cm³/mol. The lowest BCUT2D eigenvalue weighted by Crippen LogP contribution is -2.41. The van der Waals surface area contributed by atoms with E-state index in [2.05, 4.69) is 37.9 Å². The van der Waals surface area contributed by atoms with Crippen LogP contribution in [0.25, 0.3) is 0 Å². The van der Waals surface area contributed by atoms with Crippen LogP contribution in [-0.4, -0.2) is 36.6 Å². The lowest BCUT2D eigenvalue weighted by molar-refractivity contribution is 0.129. The van der Waals surface area contributed by atoms with Gasteiger partial charge in [-0.25, -0.2) is 0 Å². The second-order valence-electron chi connectivity index (χ2n) is 7.10. The highest BCUT2D eigenvalue weighted by Crippen LogP contribution is 2.26. The van der Waals surface area contributed by atoms with E-state index in [1.54, 1.807) is 0 Å². The molecule has 1 atom stereocenters. The number of rotatable bonds is 11. The minimum atomic E-state index is 0.764. The Morgan fingerprint density at radius 3 is 2.35 bits per heavy atom. The molecule has 0 heterocycles. The van der Waals surface area contributed by atoms with Crippen LogP contribution in [0.3, 0.4) is 0 Å². The molecule has 0 aromatic carbocycles. The van der Waals surface area contributed by atoms with Crippen molar-refractivity contribution in [1.29, 1.82) is 0 Å². The van der Waals surface area contributed by atoms with E-state index in [1.807, 2.05) is 0 Å². The highest BCUT2D eigenvalue weighted by atomic mass is 15.2. The van der Waals surface area contributed by atoms with E-state index in [9.17, 15) is 0 Å². The first-order chi connectivity index (χ1) is 9.65. The number of hydrogen-bond acceptors (Lipinski definition) is 2. The Kier molecular flexibility index (Phi) is 9.54. The summed E-state index contributed by atoms with van der Waals surface area (Å²) in [6, 6.07) is 1.65. The molecule has 0 aromatic rings. The van der Waals surface area contributed by atoms with E-state index in [4.69, 9.17) is 0 Å². The van der Waals surface area contributed by atoms with Crippen LogP contribution >= 0.6 is 0 Å². The van der Waals surface area contributed by atoms with Crippen LogP contribution in [0.15, 0.2) is 0 Å². The van der Waals surface area contributed by atoms with Crippen molar-refractivity contribution in [2.24, 2.45) is 5.92 Å². The van der Waals surface area contributed by atoms with Crippen molar-refractivity contribution < 1.29 is 0 Å². The molecule has 20 heavy (non-hydrogen) atoms. The smallest absolute Gasteiger partial charge is 0.00980 e. The SMILES string of the molecule is CCCNCCCC(C)N(CCC(C)C)C1CCCC1. The predicted octanol–water partition coefficient (Wildman–Crippen LogP) is 4.45. The summed E-state index contributed by atoms with van der Waals surface area (Å²) in [4.78, 5) is 2.84. The van der Waals surface area contributed by atoms with Gasteiger partial charge in [0.05, 0.1) is 0 Å². The molecule has 2 heteroatoms. The largest absolute Gasteiger partial charge is 0.317 e. The van der Waals surface area contributed by atoms with Gasteiger partial charge in [0.25, 0.3) is 0 Å². The van der Waals surface area contributed by atoms with Gasteiger partial charge in [0.2, 0.25) is 0 Å². The highest BCUT2D eigenvalue weighted by molar-refractivity contribution is 4.81. The Hall–Kier alpha value is -0.0800. The average Bonchev–Trinajstić information content (AvgIpc) is 2.92. The van der Waals surface area contributed by atoms with Crippen LogP contribution in [-0.2, 0) is 0 Å². The van der Waals surface area contributed by atoms with Gasteiger partial charge in [0.15, 0.2) is 0 Å². The molecule has 1 fully saturated rings. The molecule has 0 spiro atoms. The molecule has 0 aliphatic heterocycles. The van der Waals surface area contributed by atoms with Gasteiger partial charge in [0, 0.05) is 12.1 Å². The zero-order valence-electron chi connectivity index (χ0n) is 14.5. The molecule has 0 radical (unpaired) electrons. The van der Waals surface area contributed by atoms with Gasteiger partial charge in [-0.05, 0) is 71.0 Å². The van der Waals surface area contributed by atoms with E-state index in [-0.39, 0.29) is 0 Å². The van der Waals surface area contributed by atoms with E-state index >= 15 is 0 Å². The summed E-state index contributed by atoms with van der Waals surface area (Å²) in [5.41, 5.74) is 0. The summed E-state index contributed by atoms with van der Waals surface area (Å²) in [5, 5.41) is 3.53. The maximum absolute atomic E-state index is 3.53. The van der Waals surface area contributed by atoms with Gasteiger partial charge >= 0.3 is 0 Å². The molecule has 1 rings (SSSR count). The molecule has 0 bridgehead atoms. The van der Waals surface area contributed by atoms with Gasteiger partial charge in [0.1, 0.15) is 0 Å². The van der Waals surface area contributed by atoms with Crippen molar-refractivity contribution in [3.63, 3.8) is 0 Å². The lowest BCUT2D eigenvalue weighted by atomic mass is 10.0. The van der Waals surface area contributed by atoms with Crippen LogP contribution < -0.4 is 5.32 Å². The Bertz CT molecular complexity index is 221. The first-order valence-corrected chi connectivity index (χ1v) is 9.11. The molecule has 120 valence electrons. The van der Waals surface area contributed by atoms with Crippen molar-refractivity contribution in [2.75, 3.05) is 19.6 Å². The summed E-state index contributed by atoms with van der Waals surface area (Å²) in [7, 11) is 0. The van der Waals surface area contributed by atoms with Crippen molar-refractivity contribution in [3.8, 4) is 0 Å². The Labute approximate surface area is 127 Å². The monoisotopic (exact) mass is 282 g/mol. The highest BCUT2D eigenvalue weighted by Gasteiger charge is 2.25. The van der Waals surface area contributed by atoms with E-state index < -0.39 is 0 Å². The van der Waals surface area contributed by atoms with Crippen LogP contribution in [0.1, 0.15) is 79.1 Å². The summed E-state index contributed by atoms with van der Waals surface area (Å²) in [6.45, 7) is 13.1. The molecule has 0 aromatic heterocycles. The maximum atomic E-state index is 3.53. The van der Waals surface area contributed by atoms with E-state index in [0.29, 0.717) is 0 Å². The Balaban J connectivity index is 2.32. The Morgan fingerprint density at radius 1 is 1.05 bits per heavy atom. The van der Waals surface area contributed by atoms with Gasteiger partial charge in [-0.3, -0.25) is 4.90 Å². The molecule has 0 amide bonds. The zero-order valence-corrected chi connectivity index (χ0v) is 14.5. The first kappa shape index (κ1) is 18.0. The zero-order chi connectivity index (χ0) is 14.8. The molecular weight excluding hydrogens is 244 g/mol. The topological polar surface area (TPSA) is 15.3 Å². The fourth-order valence-electron chi connectivity index (χ4n) is 3.40. The van der Waals surface area contributed by atoms with Gasteiger partial charge < -0.3 is 5.32 Å². The molecular formula is C18H38N2. The van der Waals surface area contributed by atoms with Crippen molar-refractivity contribution >= 4 is 0 Å². The molecule has 0 saturated heterocycles. The van der Waals surface area contributed by atoms with E-state index in [1.165, 1.54) is 71.0 Å². The summed E-state index contributed by atoms with van der Waals surface area (Å²) >= 11 is 0. The second-order valence-corrected chi connectivity index (χ2v) is 7.10. The molecule has 1 aliphatic carbocycles. The average molecular weight is 283 g/mol. The third-order valence-corrected chi connectivity index (χ3v) is 4.73. The van der Waals surface area contributed by atoms with Crippen LogP contribution in [0.5, 0.6) is 0 Å². The first-order valence-electron chi connectivity index (χ1n) is 9.11.